The molecule has 0 spiro atoms. The van der Waals surface area contributed by atoms with E-state index >= 15 is 0 Å². The predicted octanol–water partition coefficient (Wildman–Crippen LogP) is 0.424. The molecule has 1 heterocycles. The van der Waals surface area contributed by atoms with Gasteiger partial charge in [0.1, 0.15) is 0 Å². The van der Waals surface area contributed by atoms with Crippen molar-refractivity contribution in [1.82, 2.24) is 6.15 Å². The van der Waals surface area contributed by atoms with Crippen LogP contribution in [-0.4, -0.2) is 18.5 Å². The van der Waals surface area contributed by atoms with Crippen LogP contribution in [0.5, 0.6) is 0 Å². The Balaban J connectivity index is 0.000000360. The van der Waals surface area contributed by atoms with E-state index < -0.39 is 6.03 Å². The summed E-state index contributed by atoms with van der Waals surface area (Å²) in [5.41, 5.74) is 0. The Hall–Kier alpha value is -1.03. The van der Waals surface area contributed by atoms with Gasteiger partial charge in [0, 0.05) is 0 Å². The lowest BCUT2D eigenvalue weighted by molar-refractivity contribution is 0.257. The maximum Gasteiger partial charge on any atom is 0.367 e. The molecular formula is C3H5N3O. The summed E-state index contributed by atoms with van der Waals surface area (Å²) in [6.45, 7) is 0. The van der Waals surface area contributed by atoms with Crippen molar-refractivity contribution in [3.8, 4) is 0 Å². The van der Waals surface area contributed by atoms with Crippen LogP contribution >= 0.6 is 0 Å². The SMILES string of the molecule is N.O=C1N=CC=N1. The van der Waals surface area contributed by atoms with E-state index in [4.69, 9.17) is 0 Å². The molecule has 4 heteroatoms. The van der Waals surface area contributed by atoms with E-state index in [9.17, 15) is 4.79 Å². The monoisotopic (exact) mass is 99.0 g/mol. The second-order valence-corrected chi connectivity index (χ2v) is 0.839. The van der Waals surface area contributed by atoms with Crippen LogP contribution in [0.15, 0.2) is 9.98 Å². The fraction of sp³-hybridized carbons (Fsp3) is 0. The van der Waals surface area contributed by atoms with Gasteiger partial charge in [-0.1, -0.05) is 0 Å². The molecule has 4 nitrogen and oxygen atoms in total. The summed E-state index contributed by atoms with van der Waals surface area (Å²) in [4.78, 5) is 16.3. The van der Waals surface area contributed by atoms with Crippen molar-refractivity contribution in [2.45, 2.75) is 0 Å². The van der Waals surface area contributed by atoms with Crippen LogP contribution in [0.2, 0.25) is 0 Å². The molecular weight excluding hydrogens is 94.1 g/mol. The largest absolute Gasteiger partial charge is 0.367 e. The maximum atomic E-state index is 9.85. The van der Waals surface area contributed by atoms with Crippen molar-refractivity contribution in [3.05, 3.63) is 0 Å². The third kappa shape index (κ3) is 1.23. The third-order valence-electron chi connectivity index (χ3n) is 0.437. The molecule has 0 fully saturated rings. The van der Waals surface area contributed by atoms with Gasteiger partial charge in [-0.2, -0.15) is 9.98 Å². The molecule has 1 aliphatic rings. The number of amides is 2. The van der Waals surface area contributed by atoms with Gasteiger partial charge in [-0.3, -0.25) is 0 Å². The average Bonchev–Trinajstić information content (AvgIpc) is 1.86. The zero-order chi connectivity index (χ0) is 4.41. The summed E-state index contributed by atoms with van der Waals surface area (Å²) < 4.78 is 0. The first-order valence-corrected chi connectivity index (χ1v) is 1.50. The Labute approximate surface area is 40.6 Å². The quantitative estimate of drug-likeness (QED) is 0.477. The van der Waals surface area contributed by atoms with Gasteiger partial charge in [0.15, 0.2) is 0 Å². The molecule has 1 rings (SSSR count). The summed E-state index contributed by atoms with van der Waals surface area (Å²) in [6.07, 6.45) is 2.73. The summed E-state index contributed by atoms with van der Waals surface area (Å²) in [5.74, 6) is 0. The fourth-order valence-electron chi connectivity index (χ4n) is 0.228. The zero-order valence-electron chi connectivity index (χ0n) is 3.66. The second-order valence-electron chi connectivity index (χ2n) is 0.839. The van der Waals surface area contributed by atoms with Crippen molar-refractivity contribution in [2.75, 3.05) is 0 Å². The standard InChI is InChI=1S/C3H2N2O.H3N/c6-3-4-1-2-5-3;/h1-2H;1H3. The van der Waals surface area contributed by atoms with E-state index in [2.05, 4.69) is 9.98 Å². The fourth-order valence-corrected chi connectivity index (χ4v) is 0.228. The first-order chi connectivity index (χ1) is 2.89. The number of hydrogen-bond acceptors (Lipinski definition) is 2. The van der Waals surface area contributed by atoms with E-state index in [0.29, 0.717) is 0 Å². The Morgan fingerprint density at radius 3 is 1.86 bits per heavy atom. The van der Waals surface area contributed by atoms with Crippen molar-refractivity contribution in [3.63, 3.8) is 0 Å². The normalized spacial score (nSPS) is 14.6. The first kappa shape index (κ1) is 5.97. The van der Waals surface area contributed by atoms with E-state index in [1.165, 1.54) is 12.4 Å². The van der Waals surface area contributed by atoms with E-state index in [1.807, 2.05) is 0 Å². The number of urea groups is 1. The van der Waals surface area contributed by atoms with E-state index in [0.717, 1.165) is 0 Å². The van der Waals surface area contributed by atoms with Gasteiger partial charge in [-0.15, -0.1) is 0 Å². The van der Waals surface area contributed by atoms with Gasteiger partial charge in [0.25, 0.3) is 0 Å². The summed E-state index contributed by atoms with van der Waals surface area (Å²) in [6, 6.07) is -0.407. The van der Waals surface area contributed by atoms with Crippen LogP contribution < -0.4 is 6.15 Å². The maximum absolute atomic E-state index is 9.85. The van der Waals surface area contributed by atoms with Gasteiger partial charge in [0.05, 0.1) is 12.4 Å². The van der Waals surface area contributed by atoms with Crippen LogP contribution in [0.4, 0.5) is 4.79 Å². The lowest BCUT2D eigenvalue weighted by Gasteiger charge is -1.62. The molecule has 0 atom stereocenters. The summed E-state index contributed by atoms with van der Waals surface area (Å²) in [5, 5.41) is 0. The average molecular weight is 99.1 g/mol. The Bertz CT molecular complexity index is 112. The molecule has 0 saturated carbocycles. The highest BCUT2D eigenvalue weighted by Gasteiger charge is 1.91. The minimum absolute atomic E-state index is 0. The van der Waals surface area contributed by atoms with Crippen LogP contribution in [0.1, 0.15) is 0 Å². The zero-order valence-corrected chi connectivity index (χ0v) is 3.66. The highest BCUT2D eigenvalue weighted by molar-refractivity contribution is 6.25. The number of aliphatic imine (C=N–C) groups is 2. The van der Waals surface area contributed by atoms with E-state index in [1.54, 1.807) is 0 Å². The smallest absolute Gasteiger partial charge is 0.344 e. The molecule has 2 amide bonds. The van der Waals surface area contributed by atoms with Gasteiger partial charge < -0.3 is 6.15 Å². The van der Waals surface area contributed by atoms with Gasteiger partial charge in [-0.25, -0.2) is 4.79 Å². The predicted molar refractivity (Wildman–Crippen MR) is 27.4 cm³/mol. The molecule has 0 aliphatic carbocycles. The molecule has 38 valence electrons. The summed E-state index contributed by atoms with van der Waals surface area (Å²) in [7, 11) is 0. The Kier molecular flexibility index (Phi) is 1.87. The second kappa shape index (κ2) is 2.20. The number of rotatable bonds is 0. The number of hydrogen-bond donors (Lipinski definition) is 1. The van der Waals surface area contributed by atoms with Crippen molar-refractivity contribution >= 4 is 18.5 Å². The number of carbonyl (C=O) groups is 1. The molecule has 0 bridgehead atoms. The molecule has 0 aromatic rings. The highest BCUT2D eigenvalue weighted by atomic mass is 16.2. The third-order valence-corrected chi connectivity index (χ3v) is 0.437. The van der Waals surface area contributed by atoms with Crippen molar-refractivity contribution in [1.29, 1.82) is 0 Å². The van der Waals surface area contributed by atoms with E-state index in [-0.39, 0.29) is 6.15 Å². The number of nitrogens with zero attached hydrogens (tertiary/aromatic N) is 2. The van der Waals surface area contributed by atoms with Crippen molar-refractivity contribution < 1.29 is 4.79 Å². The molecule has 0 aromatic heterocycles. The lowest BCUT2D eigenvalue weighted by Crippen LogP contribution is -1.70. The molecule has 3 N–H and O–H groups in total. The van der Waals surface area contributed by atoms with Gasteiger partial charge in [0.2, 0.25) is 0 Å². The topological polar surface area (TPSA) is 76.8 Å². The molecule has 7 heavy (non-hydrogen) atoms. The van der Waals surface area contributed by atoms with Crippen LogP contribution in [0.3, 0.4) is 0 Å². The van der Waals surface area contributed by atoms with Gasteiger partial charge >= 0.3 is 6.03 Å². The Morgan fingerprint density at radius 2 is 1.71 bits per heavy atom. The van der Waals surface area contributed by atoms with Gasteiger partial charge in [-0.05, 0) is 0 Å². The highest BCUT2D eigenvalue weighted by Crippen LogP contribution is 1.81. The molecule has 0 saturated heterocycles. The first-order valence-electron chi connectivity index (χ1n) is 1.50. The minimum Gasteiger partial charge on any atom is -0.344 e. The summed E-state index contributed by atoms with van der Waals surface area (Å²) >= 11 is 0. The molecule has 1 aliphatic heterocycles. The van der Waals surface area contributed by atoms with Crippen LogP contribution in [0, 0.1) is 0 Å². The molecule has 0 aromatic carbocycles. The lowest BCUT2D eigenvalue weighted by atomic mass is 10.9. The number of carbonyl (C=O) groups excluding carboxylic acids is 1. The molecule has 0 radical (unpaired) electrons. The Morgan fingerprint density at radius 1 is 1.29 bits per heavy atom. The van der Waals surface area contributed by atoms with Crippen molar-refractivity contribution in [2.24, 2.45) is 9.98 Å². The van der Waals surface area contributed by atoms with Crippen LogP contribution in [0.25, 0.3) is 0 Å². The molecule has 0 unspecified atom stereocenters. The minimum atomic E-state index is -0.407. The van der Waals surface area contributed by atoms with Crippen LogP contribution in [-0.2, 0) is 0 Å².